The van der Waals surface area contributed by atoms with Crippen LogP contribution in [-0.4, -0.2) is 21.5 Å². The first-order valence-electron chi connectivity index (χ1n) is 10.4. The quantitative estimate of drug-likeness (QED) is 0.347. The lowest BCUT2D eigenvalue weighted by Crippen LogP contribution is -2.30. The van der Waals surface area contributed by atoms with E-state index in [4.69, 9.17) is 0 Å². The minimum absolute atomic E-state index is 0.104. The molecule has 0 unspecified atom stereocenters. The highest BCUT2D eigenvalue weighted by atomic mass is 32.2. The minimum atomic E-state index is -0.636. The molecule has 0 saturated heterocycles. The van der Waals surface area contributed by atoms with Crippen LogP contribution in [0.2, 0.25) is 0 Å². The maximum absolute atomic E-state index is 14.8. The first-order valence-corrected chi connectivity index (χ1v) is 11.3. The van der Waals surface area contributed by atoms with Gasteiger partial charge in [-0.2, -0.15) is 0 Å². The maximum atomic E-state index is 14.8. The number of para-hydroxylation sites is 2. The van der Waals surface area contributed by atoms with Gasteiger partial charge in [-0.3, -0.25) is 14.2 Å². The molecule has 1 aromatic heterocycles. The second-order valence-electron chi connectivity index (χ2n) is 7.69. The topological polar surface area (TPSA) is 64.0 Å². The molecule has 0 radical (unpaired) electrons. The van der Waals surface area contributed by atoms with Crippen LogP contribution in [0.3, 0.4) is 0 Å². The summed E-state index contributed by atoms with van der Waals surface area (Å²) in [6.07, 6.45) is 1.93. The summed E-state index contributed by atoms with van der Waals surface area (Å²) in [5.41, 5.74) is 1.02. The van der Waals surface area contributed by atoms with Crippen LogP contribution >= 0.6 is 11.8 Å². The molecule has 1 saturated carbocycles. The van der Waals surface area contributed by atoms with E-state index in [2.05, 4.69) is 10.3 Å². The molecule has 1 amide bonds. The van der Waals surface area contributed by atoms with Gasteiger partial charge < -0.3 is 5.32 Å². The molecular weight excluding hydrogens is 425 g/mol. The van der Waals surface area contributed by atoms with E-state index in [1.165, 1.54) is 10.6 Å². The number of nitrogens with zero attached hydrogens (tertiary/aromatic N) is 2. The Morgan fingerprint density at radius 3 is 2.44 bits per heavy atom. The number of halogens is 1. The molecule has 1 fully saturated rings. The van der Waals surface area contributed by atoms with Gasteiger partial charge in [0.05, 0.1) is 16.6 Å². The molecule has 3 aromatic carbocycles. The minimum Gasteiger partial charge on any atom is -0.352 e. The van der Waals surface area contributed by atoms with Crippen molar-refractivity contribution in [1.29, 1.82) is 0 Å². The molecule has 5 rings (SSSR count). The summed E-state index contributed by atoms with van der Waals surface area (Å²) in [6.45, 7) is 0. The Bertz CT molecular complexity index is 1350. The first kappa shape index (κ1) is 20.5. The normalized spacial score (nSPS) is 14.3. The van der Waals surface area contributed by atoms with E-state index in [0.29, 0.717) is 10.9 Å². The second-order valence-corrected chi connectivity index (χ2v) is 8.77. The fourth-order valence-electron chi connectivity index (χ4n) is 3.55. The van der Waals surface area contributed by atoms with Crippen molar-refractivity contribution >= 4 is 28.6 Å². The van der Waals surface area contributed by atoms with Gasteiger partial charge in [0.1, 0.15) is 11.1 Å². The third-order valence-electron chi connectivity index (χ3n) is 5.33. The Balaban J connectivity index is 1.67. The molecule has 1 N–H and O–H groups in total. The van der Waals surface area contributed by atoms with E-state index < -0.39 is 11.1 Å². The zero-order valence-corrected chi connectivity index (χ0v) is 17.9. The van der Waals surface area contributed by atoms with E-state index in [1.807, 2.05) is 30.3 Å². The first-order chi connectivity index (χ1) is 15.6. The standard InChI is InChI=1S/C25H20FN3O2S/c26-19-11-5-7-13-21(19)29-24(31)18-10-4-6-12-20(18)28-25(29)32-22(16-8-2-1-3-9-16)23(30)27-17-14-15-17/h1-13,17,22H,14-15H2,(H,27,30)/t22-/m1/s1. The maximum Gasteiger partial charge on any atom is 0.266 e. The fourth-order valence-corrected chi connectivity index (χ4v) is 4.66. The summed E-state index contributed by atoms with van der Waals surface area (Å²) >= 11 is 1.15. The number of fused-ring (bicyclic) bond motifs is 1. The Labute approximate surface area is 188 Å². The number of amides is 1. The molecule has 1 aliphatic rings. The molecular formula is C25H20FN3O2S. The lowest BCUT2D eigenvalue weighted by atomic mass is 10.1. The van der Waals surface area contributed by atoms with E-state index in [1.54, 1.807) is 42.5 Å². The van der Waals surface area contributed by atoms with Crippen LogP contribution in [-0.2, 0) is 4.79 Å². The summed E-state index contributed by atoms with van der Waals surface area (Å²) in [5, 5.41) is 3.06. The van der Waals surface area contributed by atoms with Gasteiger partial charge in [0.15, 0.2) is 5.16 Å². The summed E-state index contributed by atoms with van der Waals surface area (Å²) in [7, 11) is 0. The van der Waals surface area contributed by atoms with Crippen molar-refractivity contribution in [1.82, 2.24) is 14.9 Å². The lowest BCUT2D eigenvalue weighted by Gasteiger charge is -2.19. The van der Waals surface area contributed by atoms with Crippen molar-refractivity contribution in [2.75, 3.05) is 0 Å². The number of aromatic nitrogens is 2. The molecule has 1 atom stereocenters. The van der Waals surface area contributed by atoms with E-state index in [9.17, 15) is 14.0 Å². The average molecular weight is 446 g/mol. The molecule has 1 aliphatic carbocycles. The van der Waals surface area contributed by atoms with Gasteiger partial charge in [0.25, 0.3) is 5.56 Å². The van der Waals surface area contributed by atoms with Gasteiger partial charge in [0.2, 0.25) is 5.91 Å². The van der Waals surface area contributed by atoms with Crippen LogP contribution in [0.15, 0.2) is 88.8 Å². The monoisotopic (exact) mass is 445 g/mol. The summed E-state index contributed by atoms with van der Waals surface area (Å²) < 4.78 is 16.0. The zero-order valence-electron chi connectivity index (χ0n) is 17.1. The van der Waals surface area contributed by atoms with Crippen LogP contribution < -0.4 is 10.9 Å². The highest BCUT2D eigenvalue weighted by Gasteiger charge is 2.30. The van der Waals surface area contributed by atoms with Crippen LogP contribution in [0.4, 0.5) is 4.39 Å². The van der Waals surface area contributed by atoms with Gasteiger partial charge in [-0.05, 0) is 42.7 Å². The summed E-state index contributed by atoms with van der Waals surface area (Å²) in [6, 6.07) is 22.6. The summed E-state index contributed by atoms with van der Waals surface area (Å²) in [4.78, 5) is 31.2. The van der Waals surface area contributed by atoms with Gasteiger partial charge in [-0.1, -0.05) is 66.4 Å². The highest BCUT2D eigenvalue weighted by Crippen LogP contribution is 2.36. The highest BCUT2D eigenvalue weighted by molar-refractivity contribution is 8.00. The molecule has 160 valence electrons. The van der Waals surface area contributed by atoms with E-state index in [0.717, 1.165) is 30.2 Å². The van der Waals surface area contributed by atoms with E-state index >= 15 is 0 Å². The molecule has 1 heterocycles. The molecule has 0 spiro atoms. The van der Waals surface area contributed by atoms with Crippen LogP contribution in [0, 0.1) is 5.82 Å². The van der Waals surface area contributed by atoms with Crippen molar-refractivity contribution in [3.63, 3.8) is 0 Å². The summed E-state index contributed by atoms with van der Waals surface area (Å²) in [5.74, 6) is -0.682. The van der Waals surface area contributed by atoms with Gasteiger partial charge in [0, 0.05) is 6.04 Å². The van der Waals surface area contributed by atoms with Gasteiger partial charge in [-0.15, -0.1) is 0 Å². The molecule has 5 nitrogen and oxygen atoms in total. The Morgan fingerprint density at radius 2 is 1.69 bits per heavy atom. The van der Waals surface area contributed by atoms with E-state index in [-0.39, 0.29) is 28.4 Å². The van der Waals surface area contributed by atoms with Crippen molar-refractivity contribution in [2.45, 2.75) is 29.3 Å². The zero-order chi connectivity index (χ0) is 22.1. The molecule has 32 heavy (non-hydrogen) atoms. The molecule has 0 aliphatic heterocycles. The third-order valence-corrected chi connectivity index (χ3v) is 6.53. The predicted molar refractivity (Wildman–Crippen MR) is 124 cm³/mol. The van der Waals surface area contributed by atoms with Gasteiger partial charge in [-0.25, -0.2) is 9.37 Å². The Morgan fingerprint density at radius 1 is 1.00 bits per heavy atom. The fraction of sp³-hybridized carbons (Fsp3) is 0.160. The van der Waals surface area contributed by atoms with Crippen LogP contribution in [0.25, 0.3) is 16.6 Å². The van der Waals surface area contributed by atoms with Crippen molar-refractivity contribution < 1.29 is 9.18 Å². The number of rotatable bonds is 6. The third kappa shape index (κ3) is 4.03. The Kier molecular flexibility index (Phi) is 5.49. The lowest BCUT2D eigenvalue weighted by molar-refractivity contribution is -0.120. The number of hydrogen-bond donors (Lipinski definition) is 1. The number of carbonyl (C=O) groups excluding carboxylic acids is 1. The molecule has 0 bridgehead atoms. The van der Waals surface area contributed by atoms with Crippen molar-refractivity contribution in [3.8, 4) is 5.69 Å². The number of benzene rings is 3. The van der Waals surface area contributed by atoms with Gasteiger partial charge >= 0.3 is 0 Å². The van der Waals surface area contributed by atoms with Crippen LogP contribution in [0.1, 0.15) is 23.7 Å². The SMILES string of the molecule is O=C(NC1CC1)[C@H](Sc1nc2ccccc2c(=O)n1-c1ccccc1F)c1ccccc1. The number of carbonyl (C=O) groups is 1. The number of hydrogen-bond acceptors (Lipinski definition) is 4. The average Bonchev–Trinajstić information content (AvgIpc) is 3.63. The van der Waals surface area contributed by atoms with Crippen molar-refractivity contribution in [2.24, 2.45) is 0 Å². The largest absolute Gasteiger partial charge is 0.352 e. The smallest absolute Gasteiger partial charge is 0.266 e. The van der Waals surface area contributed by atoms with Crippen molar-refractivity contribution in [3.05, 3.63) is 101 Å². The Hall–Kier alpha value is -3.45. The molecule has 7 heteroatoms. The number of thioether (sulfide) groups is 1. The predicted octanol–water partition coefficient (Wildman–Crippen LogP) is 4.64. The molecule has 4 aromatic rings. The van der Waals surface area contributed by atoms with Crippen LogP contribution in [0.5, 0.6) is 0 Å². The second kappa shape index (κ2) is 8.59. The number of nitrogens with one attached hydrogen (secondary N) is 1.